The second kappa shape index (κ2) is 6.68. The third-order valence-electron chi connectivity index (χ3n) is 2.61. The van der Waals surface area contributed by atoms with E-state index in [-0.39, 0.29) is 6.61 Å². The van der Waals surface area contributed by atoms with Crippen molar-refractivity contribution < 1.29 is 9.26 Å². The summed E-state index contributed by atoms with van der Waals surface area (Å²) in [4.78, 5) is 4.19. The predicted molar refractivity (Wildman–Crippen MR) is 74.9 cm³/mol. The molecule has 0 atom stereocenters. The van der Waals surface area contributed by atoms with Gasteiger partial charge in [0, 0.05) is 6.42 Å². The van der Waals surface area contributed by atoms with E-state index in [1.54, 1.807) is 0 Å². The van der Waals surface area contributed by atoms with E-state index in [9.17, 15) is 0 Å². The Morgan fingerprint density at radius 2 is 2.26 bits per heavy atom. The molecule has 1 heterocycles. The van der Waals surface area contributed by atoms with Crippen molar-refractivity contribution in [3.05, 3.63) is 40.0 Å². The van der Waals surface area contributed by atoms with E-state index in [2.05, 4.69) is 26.1 Å². The number of aromatic nitrogens is 2. The highest BCUT2D eigenvalue weighted by molar-refractivity contribution is 9.10. The molecule has 0 radical (unpaired) electrons. The molecule has 0 saturated carbocycles. The first-order valence-electron chi connectivity index (χ1n) is 6.15. The smallest absolute Gasteiger partial charge is 0.264 e. The van der Waals surface area contributed by atoms with Gasteiger partial charge in [-0.1, -0.05) is 18.1 Å². The van der Waals surface area contributed by atoms with Gasteiger partial charge in [-0.15, -0.1) is 0 Å². The van der Waals surface area contributed by atoms with Crippen molar-refractivity contribution in [3.63, 3.8) is 0 Å². The average molecular weight is 326 g/mol. The van der Waals surface area contributed by atoms with Gasteiger partial charge in [-0.3, -0.25) is 0 Å². The molecule has 0 aliphatic rings. The molecule has 0 aliphatic heterocycles. The Balaban J connectivity index is 1.99. The lowest BCUT2D eigenvalue weighted by Gasteiger charge is -2.07. The Bertz CT molecular complexity index is 542. The molecule has 0 aliphatic carbocycles. The van der Waals surface area contributed by atoms with Crippen molar-refractivity contribution >= 4 is 15.9 Å². The van der Waals surface area contributed by atoms with Crippen LogP contribution >= 0.6 is 15.9 Å². The van der Waals surface area contributed by atoms with E-state index in [0.29, 0.717) is 18.3 Å². The number of hydrogen-bond donors (Lipinski definition) is 1. The first-order valence-corrected chi connectivity index (χ1v) is 6.95. The molecular weight excluding hydrogens is 310 g/mol. The van der Waals surface area contributed by atoms with Crippen LogP contribution in [0, 0.1) is 0 Å². The van der Waals surface area contributed by atoms with Gasteiger partial charge >= 0.3 is 0 Å². The van der Waals surface area contributed by atoms with Gasteiger partial charge < -0.3 is 15.0 Å². The zero-order valence-electron chi connectivity index (χ0n) is 10.7. The maximum Gasteiger partial charge on any atom is 0.264 e. The van der Waals surface area contributed by atoms with E-state index < -0.39 is 0 Å². The van der Waals surface area contributed by atoms with Crippen LogP contribution in [0.25, 0.3) is 0 Å². The van der Waals surface area contributed by atoms with Gasteiger partial charge in [0.2, 0.25) is 0 Å². The molecule has 0 fully saturated rings. The zero-order valence-corrected chi connectivity index (χ0v) is 12.3. The molecule has 0 spiro atoms. The van der Waals surface area contributed by atoms with Crippen LogP contribution in [0.15, 0.2) is 27.2 Å². The van der Waals surface area contributed by atoms with Crippen molar-refractivity contribution in [2.75, 3.05) is 6.54 Å². The maximum atomic E-state index is 5.64. The van der Waals surface area contributed by atoms with Crippen LogP contribution in [-0.2, 0) is 19.4 Å². The summed E-state index contributed by atoms with van der Waals surface area (Å²) in [6, 6.07) is 5.91. The van der Waals surface area contributed by atoms with Crippen LogP contribution < -0.4 is 10.5 Å². The van der Waals surface area contributed by atoms with Gasteiger partial charge in [-0.25, -0.2) is 0 Å². The molecule has 1 aromatic carbocycles. The van der Waals surface area contributed by atoms with Gasteiger partial charge in [-0.05, 0) is 46.6 Å². The summed E-state index contributed by atoms with van der Waals surface area (Å²) in [5, 5.41) is 3.82. The largest absolute Gasteiger partial charge is 0.483 e. The summed E-state index contributed by atoms with van der Waals surface area (Å²) in [6.45, 7) is 2.87. The first kappa shape index (κ1) is 14.0. The Kier molecular flexibility index (Phi) is 4.93. The minimum Gasteiger partial charge on any atom is -0.483 e. The van der Waals surface area contributed by atoms with Gasteiger partial charge in [0.15, 0.2) is 12.4 Å². The van der Waals surface area contributed by atoms with Crippen LogP contribution in [0.2, 0.25) is 0 Å². The number of halogens is 1. The number of benzene rings is 1. The van der Waals surface area contributed by atoms with Crippen molar-refractivity contribution in [1.82, 2.24) is 10.1 Å². The minimum absolute atomic E-state index is 0.266. The van der Waals surface area contributed by atoms with Gasteiger partial charge in [0.25, 0.3) is 5.89 Å². The van der Waals surface area contributed by atoms with E-state index in [1.807, 2.05) is 25.1 Å². The van der Waals surface area contributed by atoms with Crippen molar-refractivity contribution in [2.24, 2.45) is 5.73 Å². The third kappa shape index (κ3) is 3.78. The lowest BCUT2D eigenvalue weighted by molar-refractivity contribution is 0.241. The topological polar surface area (TPSA) is 74.2 Å². The molecule has 1 aromatic heterocycles. The molecule has 0 saturated heterocycles. The van der Waals surface area contributed by atoms with Gasteiger partial charge in [0.1, 0.15) is 5.75 Å². The van der Waals surface area contributed by atoms with E-state index >= 15 is 0 Å². The summed E-state index contributed by atoms with van der Waals surface area (Å²) < 4.78 is 11.6. The Morgan fingerprint density at radius 1 is 1.42 bits per heavy atom. The fraction of sp³-hybridized carbons (Fsp3) is 0.385. The van der Waals surface area contributed by atoms with Crippen molar-refractivity contribution in [3.8, 4) is 5.75 Å². The summed E-state index contributed by atoms with van der Waals surface area (Å²) >= 11 is 3.48. The number of nitrogens with zero attached hydrogens (tertiary/aromatic N) is 2. The molecule has 2 rings (SSSR count). The van der Waals surface area contributed by atoms with Gasteiger partial charge in [0.05, 0.1) is 4.47 Å². The number of rotatable bonds is 6. The molecule has 0 amide bonds. The number of ether oxygens (including phenoxy) is 1. The second-order valence-electron chi connectivity index (χ2n) is 4.05. The predicted octanol–water partition coefficient (Wildman–Crippen LogP) is 2.47. The molecule has 2 N–H and O–H groups in total. The van der Waals surface area contributed by atoms with Crippen molar-refractivity contribution in [2.45, 2.75) is 26.4 Å². The first-order chi connectivity index (χ1) is 9.22. The molecule has 2 aromatic rings. The molecule has 0 bridgehead atoms. The molecule has 5 nitrogen and oxygen atoms in total. The Morgan fingerprint density at radius 3 is 2.89 bits per heavy atom. The third-order valence-corrected chi connectivity index (χ3v) is 3.23. The summed E-state index contributed by atoms with van der Waals surface area (Å²) in [5.74, 6) is 1.92. The SMILES string of the molecule is CCc1noc(COc2ccc(CCN)cc2Br)n1. The number of aryl methyl sites for hydroxylation is 1. The minimum atomic E-state index is 0.266. The van der Waals surface area contributed by atoms with Crippen LogP contribution in [0.5, 0.6) is 5.75 Å². The fourth-order valence-electron chi connectivity index (χ4n) is 1.62. The van der Waals surface area contributed by atoms with Gasteiger partial charge in [-0.2, -0.15) is 4.98 Å². The summed E-state index contributed by atoms with van der Waals surface area (Å²) in [5.41, 5.74) is 6.70. The molecule has 0 unspecified atom stereocenters. The molecule has 19 heavy (non-hydrogen) atoms. The zero-order chi connectivity index (χ0) is 13.7. The van der Waals surface area contributed by atoms with Crippen molar-refractivity contribution in [1.29, 1.82) is 0 Å². The quantitative estimate of drug-likeness (QED) is 0.883. The van der Waals surface area contributed by atoms with Crippen LogP contribution in [0.1, 0.15) is 24.2 Å². The molecular formula is C13H16BrN3O2. The highest BCUT2D eigenvalue weighted by atomic mass is 79.9. The Hall–Kier alpha value is -1.40. The van der Waals surface area contributed by atoms with Crippen LogP contribution in [0.4, 0.5) is 0 Å². The van der Waals surface area contributed by atoms with E-state index in [0.717, 1.165) is 23.1 Å². The van der Waals surface area contributed by atoms with Crippen LogP contribution in [0.3, 0.4) is 0 Å². The number of nitrogens with two attached hydrogens (primary N) is 1. The monoisotopic (exact) mass is 325 g/mol. The van der Waals surface area contributed by atoms with Crippen LogP contribution in [-0.4, -0.2) is 16.7 Å². The summed E-state index contributed by atoms with van der Waals surface area (Å²) in [6.07, 6.45) is 1.60. The van der Waals surface area contributed by atoms with E-state index in [4.69, 9.17) is 15.0 Å². The normalized spacial score (nSPS) is 10.7. The second-order valence-corrected chi connectivity index (χ2v) is 4.90. The lowest BCUT2D eigenvalue weighted by Crippen LogP contribution is -2.03. The standard InChI is InChI=1S/C13H16BrN3O2/c1-2-12-16-13(19-17-12)8-18-11-4-3-9(5-6-15)7-10(11)14/h3-4,7H,2,5-6,8,15H2,1H3. The highest BCUT2D eigenvalue weighted by Gasteiger charge is 2.07. The highest BCUT2D eigenvalue weighted by Crippen LogP contribution is 2.26. The maximum absolute atomic E-state index is 5.64. The average Bonchev–Trinajstić information content (AvgIpc) is 2.86. The van der Waals surface area contributed by atoms with E-state index in [1.165, 1.54) is 5.56 Å². The lowest BCUT2D eigenvalue weighted by atomic mass is 10.1. The number of hydrogen-bond acceptors (Lipinski definition) is 5. The fourth-order valence-corrected chi connectivity index (χ4v) is 2.16. The molecule has 6 heteroatoms. The summed E-state index contributed by atoms with van der Waals surface area (Å²) in [7, 11) is 0. The molecule has 102 valence electrons. The Labute approximate surface area is 120 Å².